The summed E-state index contributed by atoms with van der Waals surface area (Å²) in [6, 6.07) is 25.8. The van der Waals surface area contributed by atoms with Gasteiger partial charge in [-0.25, -0.2) is 4.79 Å². The number of nitrogens with zero attached hydrogens (tertiary/aromatic N) is 2. The second-order valence-electron chi connectivity index (χ2n) is 8.46. The summed E-state index contributed by atoms with van der Waals surface area (Å²) < 4.78 is 0. The third-order valence-corrected chi connectivity index (χ3v) is 6.39. The quantitative estimate of drug-likeness (QED) is 0.491. The number of hydrogen-bond acceptors (Lipinski definition) is 3. The lowest BCUT2D eigenvalue weighted by molar-refractivity contribution is -0.139. The Labute approximate surface area is 204 Å². The van der Waals surface area contributed by atoms with Gasteiger partial charge in [-0.1, -0.05) is 90.5 Å². The number of rotatable bonds is 8. The molecule has 1 heterocycles. The molecule has 3 aromatic carbocycles. The molecule has 4 amide bonds. The molecule has 0 aliphatic carbocycles. The van der Waals surface area contributed by atoms with Crippen molar-refractivity contribution in [3.05, 3.63) is 107 Å². The Morgan fingerprint density at radius 1 is 0.912 bits per heavy atom. The highest BCUT2D eigenvalue weighted by molar-refractivity contribution is 6.32. The fourth-order valence-electron chi connectivity index (χ4n) is 4.13. The van der Waals surface area contributed by atoms with Gasteiger partial charge >= 0.3 is 6.03 Å². The zero-order valence-corrected chi connectivity index (χ0v) is 19.7. The van der Waals surface area contributed by atoms with E-state index in [-0.39, 0.29) is 12.5 Å². The average molecular weight is 476 g/mol. The molecular weight excluding hydrogens is 450 g/mol. The summed E-state index contributed by atoms with van der Waals surface area (Å²) in [6.45, 7) is 2.11. The van der Waals surface area contributed by atoms with Crippen molar-refractivity contribution in [3.63, 3.8) is 0 Å². The molecule has 174 valence electrons. The molecule has 1 fully saturated rings. The summed E-state index contributed by atoms with van der Waals surface area (Å²) in [5, 5.41) is 3.10. The Bertz CT molecular complexity index is 1190. The van der Waals surface area contributed by atoms with Crippen LogP contribution in [-0.4, -0.2) is 40.7 Å². The van der Waals surface area contributed by atoms with Gasteiger partial charge < -0.3 is 10.2 Å². The van der Waals surface area contributed by atoms with E-state index >= 15 is 0 Å². The number of hydrogen-bond donors (Lipinski definition) is 1. The highest BCUT2D eigenvalue weighted by Gasteiger charge is 2.50. The minimum absolute atomic E-state index is 0.299. The van der Waals surface area contributed by atoms with Crippen LogP contribution in [0.25, 0.3) is 0 Å². The van der Waals surface area contributed by atoms with E-state index in [1.54, 1.807) is 36.1 Å². The van der Waals surface area contributed by atoms with E-state index in [9.17, 15) is 14.4 Å². The van der Waals surface area contributed by atoms with E-state index in [1.165, 1.54) is 0 Å². The van der Waals surface area contributed by atoms with Crippen LogP contribution in [-0.2, 0) is 28.1 Å². The third-order valence-electron chi connectivity index (χ3n) is 6.06. The first kappa shape index (κ1) is 23.5. The number of carbonyl (C=O) groups is 3. The summed E-state index contributed by atoms with van der Waals surface area (Å²) in [7, 11) is 0. The van der Waals surface area contributed by atoms with E-state index in [0.29, 0.717) is 30.1 Å². The SMILES string of the molecule is CC1(c2ccccc2Cl)NC(=O)N(CC(=O)N(CCc2ccccc2)Cc2ccccc2)C1=O. The molecule has 6 nitrogen and oxygen atoms in total. The molecule has 0 bridgehead atoms. The third kappa shape index (κ3) is 4.97. The fraction of sp³-hybridized carbons (Fsp3) is 0.222. The Morgan fingerprint density at radius 3 is 2.15 bits per heavy atom. The van der Waals surface area contributed by atoms with Gasteiger partial charge in [-0.05, 0) is 30.5 Å². The van der Waals surface area contributed by atoms with Gasteiger partial charge in [0.25, 0.3) is 5.91 Å². The summed E-state index contributed by atoms with van der Waals surface area (Å²) in [5.74, 6) is -0.798. The van der Waals surface area contributed by atoms with Gasteiger partial charge in [-0.2, -0.15) is 0 Å². The highest BCUT2D eigenvalue weighted by atomic mass is 35.5. The molecule has 4 rings (SSSR count). The maximum atomic E-state index is 13.4. The van der Waals surface area contributed by atoms with Crippen molar-refractivity contribution in [1.82, 2.24) is 15.1 Å². The second kappa shape index (κ2) is 10.1. The monoisotopic (exact) mass is 475 g/mol. The largest absolute Gasteiger partial charge is 0.336 e. The predicted octanol–water partition coefficient (Wildman–Crippen LogP) is 4.38. The number of nitrogens with one attached hydrogen (secondary N) is 1. The molecule has 1 saturated heterocycles. The molecule has 0 spiro atoms. The molecule has 0 aromatic heterocycles. The highest BCUT2D eigenvalue weighted by Crippen LogP contribution is 2.33. The molecule has 1 aliphatic heterocycles. The zero-order chi connectivity index (χ0) is 24.1. The van der Waals surface area contributed by atoms with Crippen LogP contribution in [0.4, 0.5) is 4.79 Å². The maximum absolute atomic E-state index is 13.4. The van der Waals surface area contributed by atoms with Gasteiger partial charge in [0.1, 0.15) is 12.1 Å². The summed E-state index contributed by atoms with van der Waals surface area (Å²) in [4.78, 5) is 42.1. The first-order valence-electron chi connectivity index (χ1n) is 11.1. The van der Waals surface area contributed by atoms with Crippen molar-refractivity contribution in [3.8, 4) is 0 Å². The van der Waals surface area contributed by atoms with Crippen LogP contribution in [0.3, 0.4) is 0 Å². The molecule has 0 radical (unpaired) electrons. The van der Waals surface area contributed by atoms with Crippen molar-refractivity contribution in [1.29, 1.82) is 0 Å². The van der Waals surface area contributed by atoms with Crippen LogP contribution in [0.15, 0.2) is 84.9 Å². The molecule has 1 aliphatic rings. The Kier molecular flexibility index (Phi) is 6.98. The molecule has 1 atom stereocenters. The number of urea groups is 1. The Hall–Kier alpha value is -3.64. The molecule has 7 heteroatoms. The van der Waals surface area contributed by atoms with Crippen LogP contribution in [0.1, 0.15) is 23.6 Å². The molecule has 1 N–H and O–H groups in total. The van der Waals surface area contributed by atoms with Gasteiger partial charge in [0.15, 0.2) is 0 Å². The molecular formula is C27H26ClN3O3. The number of imide groups is 1. The van der Waals surface area contributed by atoms with Crippen LogP contribution in [0, 0.1) is 0 Å². The first-order chi connectivity index (χ1) is 16.4. The summed E-state index contributed by atoms with van der Waals surface area (Å²) in [5.41, 5.74) is 1.25. The average Bonchev–Trinajstić information content (AvgIpc) is 3.06. The molecule has 1 unspecified atom stereocenters. The van der Waals surface area contributed by atoms with Crippen molar-refractivity contribution < 1.29 is 14.4 Å². The summed E-state index contributed by atoms with van der Waals surface area (Å²) in [6.07, 6.45) is 0.664. The van der Waals surface area contributed by atoms with E-state index in [0.717, 1.165) is 16.0 Å². The minimum atomic E-state index is -1.33. The van der Waals surface area contributed by atoms with Gasteiger partial charge in [0.2, 0.25) is 5.91 Å². The second-order valence-corrected chi connectivity index (χ2v) is 8.87. The fourth-order valence-corrected chi connectivity index (χ4v) is 4.45. The molecule has 34 heavy (non-hydrogen) atoms. The van der Waals surface area contributed by atoms with Gasteiger partial charge in [0.05, 0.1) is 0 Å². The van der Waals surface area contributed by atoms with Crippen LogP contribution < -0.4 is 5.32 Å². The zero-order valence-electron chi connectivity index (χ0n) is 18.9. The predicted molar refractivity (Wildman–Crippen MR) is 131 cm³/mol. The van der Waals surface area contributed by atoms with Crippen molar-refractivity contribution in [2.75, 3.05) is 13.1 Å². The van der Waals surface area contributed by atoms with Crippen LogP contribution in [0.5, 0.6) is 0 Å². The topological polar surface area (TPSA) is 69.7 Å². The minimum Gasteiger partial charge on any atom is -0.336 e. The Balaban J connectivity index is 1.52. The normalized spacial score (nSPS) is 17.5. The Morgan fingerprint density at radius 2 is 1.50 bits per heavy atom. The van der Waals surface area contributed by atoms with Crippen LogP contribution in [0.2, 0.25) is 5.02 Å². The maximum Gasteiger partial charge on any atom is 0.325 e. The van der Waals surface area contributed by atoms with Crippen molar-refractivity contribution in [2.45, 2.75) is 25.4 Å². The molecule has 0 saturated carbocycles. The van der Waals surface area contributed by atoms with E-state index in [1.807, 2.05) is 60.7 Å². The lowest BCUT2D eigenvalue weighted by Crippen LogP contribution is -2.45. The standard InChI is InChI=1S/C27H26ClN3O3/c1-27(22-14-8-9-15-23(22)28)25(33)31(26(34)29-27)19-24(32)30(18-21-12-6-3-7-13-21)17-16-20-10-4-2-5-11-20/h2-15H,16-19H2,1H3,(H,29,34). The van der Waals surface area contributed by atoms with Crippen molar-refractivity contribution >= 4 is 29.4 Å². The van der Waals surface area contributed by atoms with Crippen LogP contribution >= 0.6 is 11.6 Å². The lowest BCUT2D eigenvalue weighted by Gasteiger charge is -2.26. The number of carbonyl (C=O) groups excluding carboxylic acids is 3. The van der Waals surface area contributed by atoms with E-state index in [4.69, 9.17) is 11.6 Å². The van der Waals surface area contributed by atoms with Gasteiger partial charge in [-0.3, -0.25) is 14.5 Å². The number of benzene rings is 3. The van der Waals surface area contributed by atoms with E-state index < -0.39 is 17.5 Å². The smallest absolute Gasteiger partial charge is 0.325 e. The molecule has 3 aromatic rings. The first-order valence-corrected chi connectivity index (χ1v) is 11.5. The summed E-state index contributed by atoms with van der Waals surface area (Å²) >= 11 is 6.30. The van der Waals surface area contributed by atoms with Crippen molar-refractivity contribution in [2.24, 2.45) is 0 Å². The van der Waals surface area contributed by atoms with Gasteiger partial charge in [-0.15, -0.1) is 0 Å². The van der Waals surface area contributed by atoms with E-state index in [2.05, 4.69) is 5.32 Å². The van der Waals surface area contributed by atoms with Gasteiger partial charge in [0, 0.05) is 23.7 Å². The number of amides is 4. The lowest BCUT2D eigenvalue weighted by atomic mass is 9.92. The number of halogens is 1.